The van der Waals surface area contributed by atoms with Crippen molar-refractivity contribution < 1.29 is 26.4 Å². The van der Waals surface area contributed by atoms with E-state index in [0.29, 0.717) is 13.0 Å². The summed E-state index contributed by atoms with van der Waals surface area (Å²) in [6, 6.07) is 12.7. The number of rotatable bonds is 7. The second-order valence-electron chi connectivity index (χ2n) is 7.75. The fraction of sp³-hybridized carbons (Fsp3) is 0.429. The first-order chi connectivity index (χ1) is 14.5. The molecular weight excluding hydrogens is 440 g/mol. The minimum atomic E-state index is -3.94. The van der Waals surface area contributed by atoms with Gasteiger partial charge >= 0.3 is 0 Å². The van der Waals surface area contributed by atoms with Gasteiger partial charge in [0, 0.05) is 11.7 Å². The zero-order valence-electron chi connectivity index (χ0n) is 18.0. The van der Waals surface area contributed by atoms with Crippen molar-refractivity contribution in [2.45, 2.75) is 44.2 Å². The summed E-state index contributed by atoms with van der Waals surface area (Å²) >= 11 is 0. The van der Waals surface area contributed by atoms with Gasteiger partial charge in [0.1, 0.15) is 11.9 Å². The molecule has 0 saturated carbocycles. The van der Waals surface area contributed by atoms with Gasteiger partial charge in [-0.1, -0.05) is 23.5 Å². The lowest BCUT2D eigenvalue weighted by Gasteiger charge is -2.40. The summed E-state index contributed by atoms with van der Waals surface area (Å²) in [4.78, 5) is 6.05. The van der Waals surface area contributed by atoms with E-state index in [-0.39, 0.29) is 22.5 Å². The van der Waals surface area contributed by atoms with E-state index in [4.69, 9.17) is 9.57 Å². The van der Waals surface area contributed by atoms with Crippen molar-refractivity contribution in [2.75, 3.05) is 17.6 Å². The maximum atomic E-state index is 13.3. The van der Waals surface area contributed by atoms with Crippen LogP contribution in [0.4, 0.5) is 5.69 Å². The standard InChI is InChI=1S/C21H28N2O6S2/c1-5-28-19-10-6-17(7-11-19)21-15(2)14-16(3)23(29-21)31(26,27)20-12-8-18(9-13-20)22-30(4,24)25/h6-13,15-16,21-22H,5,14H2,1-4H3. The summed E-state index contributed by atoms with van der Waals surface area (Å²) in [5.74, 6) is 0.857. The molecule has 0 radical (unpaired) electrons. The molecule has 2 aromatic rings. The van der Waals surface area contributed by atoms with E-state index in [2.05, 4.69) is 4.72 Å². The predicted octanol–water partition coefficient (Wildman–Crippen LogP) is 3.55. The van der Waals surface area contributed by atoms with E-state index >= 15 is 0 Å². The summed E-state index contributed by atoms with van der Waals surface area (Å²) < 4.78 is 58.1. The molecule has 0 bridgehead atoms. The van der Waals surface area contributed by atoms with Crippen molar-refractivity contribution in [2.24, 2.45) is 5.92 Å². The third kappa shape index (κ3) is 5.57. The van der Waals surface area contributed by atoms with Gasteiger partial charge in [0.25, 0.3) is 10.0 Å². The van der Waals surface area contributed by atoms with Crippen LogP contribution in [-0.2, 0) is 24.9 Å². The highest BCUT2D eigenvalue weighted by Gasteiger charge is 2.40. The Kier molecular flexibility index (Phi) is 6.95. The minimum absolute atomic E-state index is 0.0263. The Morgan fingerprint density at radius 1 is 1.03 bits per heavy atom. The number of nitrogens with zero attached hydrogens (tertiary/aromatic N) is 1. The van der Waals surface area contributed by atoms with E-state index in [0.717, 1.165) is 22.0 Å². The molecular formula is C21H28N2O6S2. The normalized spacial score (nSPS) is 22.8. The van der Waals surface area contributed by atoms with Gasteiger partial charge in [-0.2, -0.15) is 0 Å². The molecule has 31 heavy (non-hydrogen) atoms. The first kappa shape index (κ1) is 23.5. The van der Waals surface area contributed by atoms with Gasteiger partial charge in [-0.3, -0.25) is 9.56 Å². The summed E-state index contributed by atoms with van der Waals surface area (Å²) in [5.41, 5.74) is 1.16. The zero-order valence-corrected chi connectivity index (χ0v) is 19.6. The van der Waals surface area contributed by atoms with Crippen molar-refractivity contribution >= 4 is 25.7 Å². The molecule has 1 N–H and O–H groups in total. The van der Waals surface area contributed by atoms with E-state index in [1.807, 2.05) is 45.0 Å². The Morgan fingerprint density at radius 3 is 2.19 bits per heavy atom. The summed E-state index contributed by atoms with van der Waals surface area (Å²) in [6.45, 7) is 6.32. The van der Waals surface area contributed by atoms with Crippen LogP contribution < -0.4 is 9.46 Å². The molecule has 0 aliphatic carbocycles. The third-order valence-corrected chi connectivity index (χ3v) is 7.41. The number of anilines is 1. The summed E-state index contributed by atoms with van der Waals surface area (Å²) in [6.07, 6.45) is 1.24. The van der Waals surface area contributed by atoms with E-state index in [1.54, 1.807) is 0 Å². The Balaban J connectivity index is 1.84. The van der Waals surface area contributed by atoms with Crippen LogP contribution in [0.2, 0.25) is 0 Å². The van der Waals surface area contributed by atoms with Gasteiger partial charge in [-0.25, -0.2) is 16.8 Å². The smallest absolute Gasteiger partial charge is 0.265 e. The van der Waals surface area contributed by atoms with Gasteiger partial charge in [-0.05, 0) is 68.1 Å². The average molecular weight is 469 g/mol. The van der Waals surface area contributed by atoms with Crippen LogP contribution in [-0.4, -0.2) is 40.2 Å². The molecule has 0 spiro atoms. The quantitative estimate of drug-likeness (QED) is 0.667. The lowest BCUT2D eigenvalue weighted by atomic mass is 9.91. The van der Waals surface area contributed by atoms with Crippen LogP contribution in [0.3, 0.4) is 0 Å². The maximum absolute atomic E-state index is 13.3. The second kappa shape index (κ2) is 9.15. The number of nitrogens with one attached hydrogen (secondary N) is 1. The number of benzene rings is 2. The van der Waals surface area contributed by atoms with Gasteiger partial charge in [0.15, 0.2) is 0 Å². The molecule has 3 unspecified atom stereocenters. The lowest BCUT2D eigenvalue weighted by Crippen LogP contribution is -2.45. The highest BCUT2D eigenvalue weighted by Crippen LogP contribution is 2.39. The molecule has 3 rings (SSSR count). The van der Waals surface area contributed by atoms with E-state index in [1.165, 1.54) is 24.3 Å². The molecule has 1 heterocycles. The first-order valence-corrected chi connectivity index (χ1v) is 13.4. The van der Waals surface area contributed by atoms with Gasteiger partial charge < -0.3 is 4.74 Å². The van der Waals surface area contributed by atoms with Crippen molar-refractivity contribution in [1.82, 2.24) is 4.47 Å². The van der Waals surface area contributed by atoms with Crippen LogP contribution in [0, 0.1) is 5.92 Å². The van der Waals surface area contributed by atoms with Crippen LogP contribution >= 0.6 is 0 Å². The zero-order chi connectivity index (χ0) is 22.8. The second-order valence-corrected chi connectivity index (χ2v) is 11.3. The van der Waals surface area contributed by atoms with E-state index in [9.17, 15) is 16.8 Å². The fourth-order valence-corrected chi connectivity index (χ4v) is 5.70. The fourth-order valence-electron chi connectivity index (χ4n) is 3.68. The molecule has 2 aromatic carbocycles. The van der Waals surface area contributed by atoms with Crippen molar-refractivity contribution in [3.63, 3.8) is 0 Å². The van der Waals surface area contributed by atoms with Crippen LogP contribution in [0.15, 0.2) is 53.4 Å². The number of hydrogen-bond donors (Lipinski definition) is 1. The highest BCUT2D eigenvalue weighted by molar-refractivity contribution is 7.92. The van der Waals surface area contributed by atoms with Gasteiger partial charge in [0.2, 0.25) is 10.0 Å². The minimum Gasteiger partial charge on any atom is -0.494 e. The molecule has 1 saturated heterocycles. The molecule has 170 valence electrons. The molecule has 3 atom stereocenters. The monoisotopic (exact) mass is 468 g/mol. The molecule has 1 aliphatic heterocycles. The maximum Gasteiger partial charge on any atom is 0.265 e. The third-order valence-electron chi connectivity index (χ3n) is 5.02. The average Bonchev–Trinajstić information content (AvgIpc) is 2.68. The van der Waals surface area contributed by atoms with Crippen LogP contribution in [0.1, 0.15) is 38.9 Å². The SMILES string of the molecule is CCOc1ccc(C2ON(S(=O)(=O)c3ccc(NS(C)(=O)=O)cc3)C(C)CC2C)cc1. The van der Waals surface area contributed by atoms with Crippen molar-refractivity contribution in [1.29, 1.82) is 0 Å². The first-order valence-electron chi connectivity index (χ1n) is 10.0. The van der Waals surface area contributed by atoms with Crippen LogP contribution in [0.25, 0.3) is 0 Å². The Bertz CT molecular complexity index is 1100. The molecule has 1 fully saturated rings. The number of hydroxylamine groups is 1. The van der Waals surface area contributed by atoms with Crippen molar-refractivity contribution in [3.8, 4) is 5.75 Å². The topological polar surface area (TPSA) is 102 Å². The van der Waals surface area contributed by atoms with Crippen molar-refractivity contribution in [3.05, 3.63) is 54.1 Å². The molecule has 0 aromatic heterocycles. The number of ether oxygens (including phenoxy) is 1. The summed E-state index contributed by atoms with van der Waals surface area (Å²) in [5, 5.41) is 0. The number of sulfonamides is 2. The lowest BCUT2D eigenvalue weighted by molar-refractivity contribution is -0.206. The highest BCUT2D eigenvalue weighted by atomic mass is 32.2. The Morgan fingerprint density at radius 2 is 1.65 bits per heavy atom. The Labute approximate surface area is 184 Å². The van der Waals surface area contributed by atoms with E-state index < -0.39 is 26.2 Å². The van der Waals surface area contributed by atoms with Gasteiger partial charge in [0.05, 0.1) is 17.8 Å². The largest absolute Gasteiger partial charge is 0.494 e. The molecule has 10 heteroatoms. The molecule has 0 amide bonds. The van der Waals surface area contributed by atoms with Crippen LogP contribution in [0.5, 0.6) is 5.75 Å². The molecule has 1 aliphatic rings. The summed E-state index contributed by atoms with van der Waals surface area (Å²) in [7, 11) is -7.39. The van der Waals surface area contributed by atoms with Gasteiger partial charge in [-0.15, -0.1) is 0 Å². The number of hydrogen-bond acceptors (Lipinski definition) is 6. The predicted molar refractivity (Wildman–Crippen MR) is 119 cm³/mol. The molecule has 8 nitrogen and oxygen atoms in total. The Hall–Kier alpha value is -2.14.